The van der Waals surface area contributed by atoms with Gasteiger partial charge in [-0.15, -0.1) is 10.2 Å². The summed E-state index contributed by atoms with van der Waals surface area (Å²) in [5.41, 5.74) is 2.52. The van der Waals surface area contributed by atoms with Gasteiger partial charge in [0.2, 0.25) is 5.88 Å². The van der Waals surface area contributed by atoms with Crippen LogP contribution in [-0.4, -0.2) is 26.2 Å². The smallest absolute Gasteiger partial charge is 0.313 e. The maximum absolute atomic E-state index is 12.2. The van der Waals surface area contributed by atoms with Gasteiger partial charge in [-0.1, -0.05) is 41.9 Å². The number of hydrogen-bond donors (Lipinski definition) is 3. The van der Waals surface area contributed by atoms with Crippen LogP contribution < -0.4 is 0 Å². The molecule has 0 bridgehead atoms. The third-order valence-electron chi connectivity index (χ3n) is 3.85. The molecule has 0 radical (unpaired) electrons. The molecule has 4 aromatic rings. The number of nitrogens with zero attached hydrogens (tertiary/aromatic N) is 3. The summed E-state index contributed by atoms with van der Waals surface area (Å²) >= 11 is 5.87. The number of para-hydroxylation sites is 1. The van der Waals surface area contributed by atoms with E-state index in [9.17, 15) is 9.90 Å². The van der Waals surface area contributed by atoms with Crippen molar-refractivity contribution < 1.29 is 9.90 Å². The summed E-state index contributed by atoms with van der Waals surface area (Å²) in [4.78, 5) is 15.0. The molecule has 8 heteroatoms. The van der Waals surface area contributed by atoms with Crippen molar-refractivity contribution >= 4 is 34.1 Å². The van der Waals surface area contributed by atoms with E-state index in [0.717, 1.165) is 5.56 Å². The van der Waals surface area contributed by atoms with Crippen molar-refractivity contribution in [2.45, 2.75) is 0 Å². The summed E-state index contributed by atoms with van der Waals surface area (Å²) in [6.45, 7) is 0. The zero-order valence-electron chi connectivity index (χ0n) is 13.3. The number of fused-ring (bicyclic) bond motifs is 1. The predicted octanol–water partition coefficient (Wildman–Crippen LogP) is 4.84. The number of aromatic nitrogens is 3. The topological polar surface area (TPSA) is 106 Å². The Morgan fingerprint density at radius 1 is 1.12 bits per heavy atom. The van der Waals surface area contributed by atoms with Gasteiger partial charge in [-0.2, -0.15) is 5.10 Å². The number of rotatable bonds is 3. The zero-order chi connectivity index (χ0) is 18.1. The summed E-state index contributed by atoms with van der Waals surface area (Å²) in [6, 6.07) is 15.9. The minimum absolute atomic E-state index is 0.144. The highest BCUT2D eigenvalue weighted by Gasteiger charge is 2.13. The summed E-state index contributed by atoms with van der Waals surface area (Å²) in [5.74, 6) is -0.739. The molecule has 0 spiro atoms. The lowest BCUT2D eigenvalue weighted by Crippen LogP contribution is -1.93. The Labute approximate surface area is 152 Å². The van der Waals surface area contributed by atoms with Gasteiger partial charge in [0.25, 0.3) is 0 Å². The quantitative estimate of drug-likeness (QED) is 0.452. The van der Waals surface area contributed by atoms with Gasteiger partial charge in [-0.25, -0.2) is 0 Å². The van der Waals surface area contributed by atoms with Crippen LogP contribution in [0.5, 0.6) is 5.88 Å². The Bertz CT molecular complexity index is 1130. The van der Waals surface area contributed by atoms with Crippen LogP contribution in [0.2, 0.25) is 5.02 Å². The lowest BCUT2D eigenvalue weighted by atomic mass is 10.1. The van der Waals surface area contributed by atoms with Crippen molar-refractivity contribution in [3.63, 3.8) is 0 Å². The Hall–Kier alpha value is -3.45. The average Bonchev–Trinajstić information content (AvgIpc) is 3.25. The summed E-state index contributed by atoms with van der Waals surface area (Å²) < 4.78 is 0. The first-order valence-corrected chi connectivity index (χ1v) is 8.07. The second-order valence-corrected chi connectivity index (χ2v) is 5.98. The van der Waals surface area contributed by atoms with E-state index in [0.29, 0.717) is 21.6 Å². The van der Waals surface area contributed by atoms with Crippen LogP contribution in [0.3, 0.4) is 0 Å². The highest BCUT2D eigenvalue weighted by Crippen LogP contribution is 2.35. The summed E-state index contributed by atoms with van der Waals surface area (Å²) in [5, 5.41) is 25.6. The fourth-order valence-electron chi connectivity index (χ4n) is 2.56. The van der Waals surface area contributed by atoms with Crippen LogP contribution in [0.25, 0.3) is 22.2 Å². The van der Waals surface area contributed by atoms with Gasteiger partial charge in [0.15, 0.2) is 5.69 Å². The number of amides is 1. The van der Waals surface area contributed by atoms with Crippen molar-refractivity contribution in [2.75, 3.05) is 0 Å². The van der Waals surface area contributed by atoms with Gasteiger partial charge in [0, 0.05) is 16.0 Å². The summed E-state index contributed by atoms with van der Waals surface area (Å²) in [6.07, 6.45) is 0. The van der Waals surface area contributed by atoms with E-state index >= 15 is 0 Å². The molecule has 0 saturated carbocycles. The number of azo groups is 1. The van der Waals surface area contributed by atoms with Gasteiger partial charge in [-0.05, 0) is 24.3 Å². The van der Waals surface area contributed by atoms with E-state index < -0.39 is 5.91 Å². The number of nitrogens with one attached hydrogen (secondary N) is 2. The first-order chi connectivity index (χ1) is 12.6. The number of H-pyrrole nitrogens is 2. The van der Waals surface area contributed by atoms with Crippen molar-refractivity contribution in [1.29, 1.82) is 0 Å². The number of hydrogen-bond acceptors (Lipinski definition) is 4. The molecule has 0 aliphatic heterocycles. The molecule has 2 aromatic carbocycles. The minimum Gasteiger partial charge on any atom is -0.493 e. The lowest BCUT2D eigenvalue weighted by Gasteiger charge is -1.94. The van der Waals surface area contributed by atoms with Crippen LogP contribution in [0.1, 0.15) is 10.5 Å². The van der Waals surface area contributed by atoms with Crippen LogP contribution >= 0.6 is 11.6 Å². The van der Waals surface area contributed by atoms with Crippen molar-refractivity contribution in [3.8, 4) is 17.1 Å². The van der Waals surface area contributed by atoms with Crippen LogP contribution in [-0.2, 0) is 0 Å². The molecule has 0 aliphatic carbocycles. The van der Waals surface area contributed by atoms with Gasteiger partial charge in [-0.3, -0.25) is 9.89 Å². The predicted molar refractivity (Wildman–Crippen MR) is 97.8 cm³/mol. The Morgan fingerprint density at radius 3 is 2.69 bits per heavy atom. The monoisotopic (exact) mass is 365 g/mol. The molecular formula is C18H12ClN5O2. The van der Waals surface area contributed by atoms with Gasteiger partial charge >= 0.3 is 5.91 Å². The minimum atomic E-state index is -0.595. The van der Waals surface area contributed by atoms with Crippen LogP contribution in [0.15, 0.2) is 64.8 Å². The zero-order valence-corrected chi connectivity index (χ0v) is 14.0. The number of aromatic hydroxyl groups is 1. The first kappa shape index (κ1) is 16.0. The average molecular weight is 366 g/mol. The standard InChI is InChI=1S/C18H12ClN5O2/c19-11-7-5-10(6-8-11)14-9-15(22-21-14)17(25)24-23-16-12-3-1-2-4-13(12)20-18(16)26/h1-9,20,26H,(H,21,22). The SMILES string of the molecule is O=C(N=Nc1c(O)[nH]c2ccccc12)c1cc(-c2ccc(Cl)cc2)n[nH]1. The molecule has 0 aliphatic rings. The van der Waals surface area contributed by atoms with E-state index in [4.69, 9.17) is 11.6 Å². The van der Waals surface area contributed by atoms with E-state index in [1.54, 1.807) is 42.5 Å². The number of aromatic amines is 2. The largest absolute Gasteiger partial charge is 0.493 e. The van der Waals surface area contributed by atoms with Crippen molar-refractivity contribution in [3.05, 3.63) is 65.3 Å². The number of carbonyl (C=O) groups is 1. The van der Waals surface area contributed by atoms with Gasteiger partial charge in [0.05, 0.1) is 11.2 Å². The third-order valence-corrected chi connectivity index (χ3v) is 4.10. The Balaban J connectivity index is 1.59. The Morgan fingerprint density at radius 2 is 1.88 bits per heavy atom. The van der Waals surface area contributed by atoms with E-state index in [2.05, 4.69) is 25.4 Å². The molecule has 2 aromatic heterocycles. The van der Waals surface area contributed by atoms with Gasteiger partial charge in [0.1, 0.15) is 5.69 Å². The maximum atomic E-state index is 12.2. The van der Waals surface area contributed by atoms with Crippen LogP contribution in [0.4, 0.5) is 5.69 Å². The van der Waals surface area contributed by atoms with E-state index in [1.165, 1.54) is 0 Å². The van der Waals surface area contributed by atoms with E-state index in [1.807, 2.05) is 12.1 Å². The fourth-order valence-corrected chi connectivity index (χ4v) is 2.69. The van der Waals surface area contributed by atoms with Crippen molar-refractivity contribution in [2.24, 2.45) is 10.2 Å². The first-order valence-electron chi connectivity index (χ1n) is 7.69. The number of benzene rings is 2. The molecule has 128 valence electrons. The third kappa shape index (κ3) is 2.96. The molecular weight excluding hydrogens is 354 g/mol. The van der Waals surface area contributed by atoms with Gasteiger partial charge < -0.3 is 10.1 Å². The highest BCUT2D eigenvalue weighted by atomic mass is 35.5. The molecule has 1 amide bonds. The van der Waals surface area contributed by atoms with Crippen LogP contribution in [0, 0.1) is 0 Å². The Kier molecular flexibility index (Phi) is 3.98. The molecule has 7 nitrogen and oxygen atoms in total. The fraction of sp³-hybridized carbons (Fsp3) is 0. The molecule has 0 atom stereocenters. The molecule has 0 unspecified atom stereocenters. The van der Waals surface area contributed by atoms with E-state index in [-0.39, 0.29) is 17.3 Å². The molecule has 0 saturated heterocycles. The second kappa shape index (κ2) is 6.45. The number of carbonyl (C=O) groups excluding carboxylic acids is 1. The molecule has 4 rings (SSSR count). The molecule has 2 heterocycles. The highest BCUT2D eigenvalue weighted by molar-refractivity contribution is 6.30. The molecule has 0 fully saturated rings. The number of halogens is 1. The maximum Gasteiger partial charge on any atom is 0.313 e. The normalized spacial score (nSPS) is 11.4. The molecule has 26 heavy (non-hydrogen) atoms. The second-order valence-electron chi connectivity index (χ2n) is 5.55. The van der Waals surface area contributed by atoms with Crippen molar-refractivity contribution in [1.82, 2.24) is 15.2 Å². The molecule has 3 N–H and O–H groups in total. The lowest BCUT2D eigenvalue weighted by molar-refractivity contribution is 0.0990. The summed E-state index contributed by atoms with van der Waals surface area (Å²) in [7, 11) is 0.